The van der Waals surface area contributed by atoms with Gasteiger partial charge in [0.1, 0.15) is 0 Å². The summed E-state index contributed by atoms with van der Waals surface area (Å²) in [4.78, 5) is 13.3. The summed E-state index contributed by atoms with van der Waals surface area (Å²) in [5.74, 6) is 1.25. The van der Waals surface area contributed by atoms with E-state index in [-0.39, 0.29) is 12.1 Å². The maximum Gasteiger partial charge on any atom is 0.237 e. The first-order valence-corrected chi connectivity index (χ1v) is 5.30. The van der Waals surface area contributed by atoms with Gasteiger partial charge < -0.3 is 4.90 Å². The third-order valence-electron chi connectivity index (χ3n) is 3.04. The molecule has 0 radical (unpaired) electrons. The molecule has 0 bridgehead atoms. The zero-order valence-corrected chi connectivity index (χ0v) is 8.25. The lowest BCUT2D eigenvalue weighted by Gasteiger charge is -2.20. The fraction of sp³-hybridized carbons (Fsp3) is 0.900. The molecule has 2 aliphatic rings. The average molecular weight is 182 g/mol. The maximum absolute atomic E-state index is 11.3. The number of amides is 1. The normalized spacial score (nSPS) is 28.5. The van der Waals surface area contributed by atoms with E-state index in [4.69, 9.17) is 0 Å². The second-order valence-corrected chi connectivity index (χ2v) is 4.23. The van der Waals surface area contributed by atoms with Crippen molar-refractivity contribution in [3.8, 4) is 0 Å². The van der Waals surface area contributed by atoms with E-state index in [0.29, 0.717) is 6.54 Å². The van der Waals surface area contributed by atoms with Crippen molar-refractivity contribution >= 4 is 5.91 Å². The molecule has 1 N–H and O–H groups in total. The third-order valence-corrected chi connectivity index (χ3v) is 3.04. The van der Waals surface area contributed by atoms with E-state index in [1.165, 1.54) is 25.7 Å². The number of hydrogen-bond acceptors (Lipinski definition) is 2. The quantitative estimate of drug-likeness (QED) is 0.702. The Morgan fingerprint density at radius 1 is 1.54 bits per heavy atom. The lowest BCUT2D eigenvalue weighted by atomic mass is 10.2. The van der Waals surface area contributed by atoms with Crippen LogP contribution in [-0.2, 0) is 4.79 Å². The highest BCUT2D eigenvalue weighted by molar-refractivity contribution is 5.80. The van der Waals surface area contributed by atoms with Gasteiger partial charge in [0.05, 0.1) is 12.7 Å². The van der Waals surface area contributed by atoms with Crippen LogP contribution in [0.15, 0.2) is 0 Å². The van der Waals surface area contributed by atoms with Crippen molar-refractivity contribution < 1.29 is 4.79 Å². The Morgan fingerprint density at radius 3 is 2.85 bits per heavy atom. The summed E-state index contributed by atoms with van der Waals surface area (Å²) in [5, 5.41) is 3.15. The first-order chi connectivity index (χ1) is 6.27. The molecule has 1 unspecified atom stereocenters. The second kappa shape index (κ2) is 3.66. The zero-order chi connectivity index (χ0) is 9.26. The number of nitrogens with one attached hydrogen (secondary N) is 1. The molecular weight excluding hydrogens is 164 g/mol. The van der Waals surface area contributed by atoms with Crippen molar-refractivity contribution in [1.82, 2.24) is 10.2 Å². The highest BCUT2D eigenvalue weighted by Crippen LogP contribution is 2.33. The van der Waals surface area contributed by atoms with Crippen molar-refractivity contribution in [2.75, 3.05) is 13.1 Å². The number of carbonyl (C=O) groups excluding carboxylic acids is 1. The molecule has 3 nitrogen and oxygen atoms in total. The summed E-state index contributed by atoms with van der Waals surface area (Å²) >= 11 is 0. The first-order valence-electron chi connectivity index (χ1n) is 5.30. The lowest BCUT2D eigenvalue weighted by molar-refractivity contribution is -0.127. The summed E-state index contributed by atoms with van der Waals surface area (Å²) < 4.78 is 0. The molecule has 1 saturated carbocycles. The summed E-state index contributed by atoms with van der Waals surface area (Å²) in [6, 6.07) is 0. The molecule has 13 heavy (non-hydrogen) atoms. The minimum absolute atomic E-state index is 0.256. The molecule has 0 aromatic heterocycles. The fourth-order valence-electron chi connectivity index (χ4n) is 1.94. The van der Waals surface area contributed by atoms with Crippen LogP contribution in [-0.4, -0.2) is 30.1 Å². The molecule has 1 atom stereocenters. The van der Waals surface area contributed by atoms with Crippen molar-refractivity contribution in [2.45, 2.75) is 38.8 Å². The third kappa shape index (κ3) is 2.21. The van der Waals surface area contributed by atoms with Gasteiger partial charge in [-0.25, -0.2) is 0 Å². The zero-order valence-electron chi connectivity index (χ0n) is 8.25. The Hall–Kier alpha value is -0.570. The van der Waals surface area contributed by atoms with Crippen LogP contribution < -0.4 is 5.32 Å². The van der Waals surface area contributed by atoms with Gasteiger partial charge in [0.25, 0.3) is 0 Å². The van der Waals surface area contributed by atoms with Gasteiger partial charge in [0.2, 0.25) is 5.91 Å². The number of hydrogen-bond donors (Lipinski definition) is 1. The monoisotopic (exact) mass is 182 g/mol. The second-order valence-electron chi connectivity index (χ2n) is 4.23. The van der Waals surface area contributed by atoms with Crippen molar-refractivity contribution in [1.29, 1.82) is 0 Å². The van der Waals surface area contributed by atoms with E-state index in [2.05, 4.69) is 12.2 Å². The Kier molecular flexibility index (Phi) is 2.54. The fourth-order valence-corrected chi connectivity index (χ4v) is 1.94. The largest absolute Gasteiger partial charge is 0.326 e. The van der Waals surface area contributed by atoms with Gasteiger partial charge in [-0.2, -0.15) is 0 Å². The standard InChI is InChI=1S/C10H18N2O/c1-8-11-7-10(13)12(8)6-2-3-9-4-5-9/h8-9,11H,2-7H2,1H3. The first kappa shape index (κ1) is 9.00. The summed E-state index contributed by atoms with van der Waals surface area (Å²) in [6.07, 6.45) is 5.59. The van der Waals surface area contributed by atoms with Crippen LogP contribution in [0.5, 0.6) is 0 Å². The van der Waals surface area contributed by atoms with Gasteiger partial charge in [-0.15, -0.1) is 0 Å². The van der Waals surface area contributed by atoms with E-state index < -0.39 is 0 Å². The number of carbonyl (C=O) groups is 1. The summed E-state index contributed by atoms with van der Waals surface area (Å²) in [5.41, 5.74) is 0. The van der Waals surface area contributed by atoms with E-state index in [1.807, 2.05) is 4.90 Å². The molecule has 1 aliphatic heterocycles. The van der Waals surface area contributed by atoms with Crippen LogP contribution in [0.3, 0.4) is 0 Å². The predicted molar refractivity (Wildman–Crippen MR) is 51.1 cm³/mol. The SMILES string of the molecule is CC1NCC(=O)N1CCCC1CC1. The van der Waals surface area contributed by atoms with Gasteiger partial charge in [0, 0.05) is 6.54 Å². The Bertz CT molecular complexity index is 201. The van der Waals surface area contributed by atoms with Gasteiger partial charge >= 0.3 is 0 Å². The highest BCUT2D eigenvalue weighted by atomic mass is 16.2. The van der Waals surface area contributed by atoms with Crippen LogP contribution >= 0.6 is 0 Å². The van der Waals surface area contributed by atoms with Gasteiger partial charge in [-0.1, -0.05) is 12.8 Å². The van der Waals surface area contributed by atoms with Crippen LogP contribution in [0, 0.1) is 5.92 Å². The molecule has 2 rings (SSSR count). The smallest absolute Gasteiger partial charge is 0.237 e. The Balaban J connectivity index is 1.69. The molecule has 1 amide bonds. The molecule has 1 heterocycles. The molecule has 3 heteroatoms. The Labute approximate surface area is 79.5 Å². The molecule has 1 saturated heterocycles. The van der Waals surface area contributed by atoms with E-state index in [0.717, 1.165) is 12.5 Å². The van der Waals surface area contributed by atoms with Gasteiger partial charge in [0.15, 0.2) is 0 Å². The Morgan fingerprint density at radius 2 is 2.31 bits per heavy atom. The minimum atomic E-state index is 0.256. The molecule has 74 valence electrons. The number of nitrogens with zero attached hydrogens (tertiary/aromatic N) is 1. The molecule has 0 aromatic carbocycles. The van der Waals surface area contributed by atoms with Crippen LogP contribution in [0.25, 0.3) is 0 Å². The van der Waals surface area contributed by atoms with Gasteiger partial charge in [-0.3, -0.25) is 10.1 Å². The lowest BCUT2D eigenvalue weighted by Crippen LogP contribution is -2.35. The minimum Gasteiger partial charge on any atom is -0.326 e. The van der Waals surface area contributed by atoms with Gasteiger partial charge in [-0.05, 0) is 25.7 Å². The summed E-state index contributed by atoms with van der Waals surface area (Å²) in [6.45, 7) is 3.54. The average Bonchev–Trinajstić information content (AvgIpc) is 2.86. The van der Waals surface area contributed by atoms with Crippen molar-refractivity contribution in [3.63, 3.8) is 0 Å². The van der Waals surface area contributed by atoms with Crippen LogP contribution in [0.1, 0.15) is 32.6 Å². The maximum atomic E-state index is 11.3. The van der Waals surface area contributed by atoms with Crippen LogP contribution in [0.4, 0.5) is 0 Å². The van der Waals surface area contributed by atoms with Crippen molar-refractivity contribution in [3.05, 3.63) is 0 Å². The molecule has 0 spiro atoms. The molecular formula is C10H18N2O. The van der Waals surface area contributed by atoms with Crippen LogP contribution in [0.2, 0.25) is 0 Å². The summed E-state index contributed by atoms with van der Waals surface area (Å²) in [7, 11) is 0. The molecule has 2 fully saturated rings. The highest BCUT2D eigenvalue weighted by Gasteiger charge is 2.27. The topological polar surface area (TPSA) is 32.3 Å². The predicted octanol–water partition coefficient (Wildman–Crippen LogP) is 0.954. The van der Waals surface area contributed by atoms with Crippen molar-refractivity contribution in [2.24, 2.45) is 5.92 Å². The van der Waals surface area contributed by atoms with E-state index >= 15 is 0 Å². The molecule has 1 aliphatic carbocycles. The number of rotatable bonds is 4. The van der Waals surface area contributed by atoms with E-state index in [1.54, 1.807) is 0 Å². The van der Waals surface area contributed by atoms with E-state index in [9.17, 15) is 4.79 Å². The molecule has 0 aromatic rings.